The Morgan fingerprint density at radius 1 is 1.42 bits per heavy atom. The number of nitrogens with one attached hydrogen (secondary N) is 1. The van der Waals surface area contributed by atoms with Gasteiger partial charge in [0.15, 0.2) is 0 Å². The fourth-order valence-corrected chi connectivity index (χ4v) is 2.69. The van der Waals surface area contributed by atoms with Crippen molar-refractivity contribution in [2.24, 2.45) is 0 Å². The van der Waals surface area contributed by atoms with Gasteiger partial charge in [0.25, 0.3) is 0 Å². The topological polar surface area (TPSA) is 35.5 Å². The first-order chi connectivity index (χ1) is 9.11. The van der Waals surface area contributed by atoms with Crippen molar-refractivity contribution in [2.75, 3.05) is 18.1 Å². The van der Waals surface area contributed by atoms with E-state index in [-0.39, 0.29) is 6.61 Å². The summed E-state index contributed by atoms with van der Waals surface area (Å²) in [5.74, 6) is 0. The lowest BCUT2D eigenvalue weighted by Crippen LogP contribution is -2.34. The van der Waals surface area contributed by atoms with Crippen molar-refractivity contribution in [3.63, 3.8) is 0 Å². The van der Waals surface area contributed by atoms with Gasteiger partial charge in [-0.25, -0.2) is 0 Å². The summed E-state index contributed by atoms with van der Waals surface area (Å²) in [4.78, 5) is 2.26. The van der Waals surface area contributed by atoms with Gasteiger partial charge in [-0.1, -0.05) is 15.9 Å². The SMILES string of the molecule is CC(C)N(CCO)c1ccc(Br)cc1CNC1CC1. The monoisotopic (exact) mass is 326 g/mol. The Labute approximate surface area is 124 Å². The molecular formula is C15H23BrN2O. The summed E-state index contributed by atoms with van der Waals surface area (Å²) in [5.41, 5.74) is 2.52. The van der Waals surface area contributed by atoms with Gasteiger partial charge >= 0.3 is 0 Å². The number of halogens is 1. The van der Waals surface area contributed by atoms with Gasteiger partial charge in [0.1, 0.15) is 0 Å². The van der Waals surface area contributed by atoms with Crippen molar-refractivity contribution in [1.82, 2.24) is 5.32 Å². The highest BCUT2D eigenvalue weighted by atomic mass is 79.9. The van der Waals surface area contributed by atoms with E-state index in [9.17, 15) is 5.11 Å². The molecule has 1 aromatic carbocycles. The van der Waals surface area contributed by atoms with E-state index < -0.39 is 0 Å². The number of aliphatic hydroxyl groups excluding tert-OH is 1. The summed E-state index contributed by atoms with van der Waals surface area (Å²) in [7, 11) is 0. The van der Waals surface area contributed by atoms with E-state index in [0.29, 0.717) is 18.6 Å². The molecule has 2 rings (SSSR count). The zero-order valence-electron chi connectivity index (χ0n) is 11.7. The highest BCUT2D eigenvalue weighted by Gasteiger charge is 2.21. The number of hydrogen-bond donors (Lipinski definition) is 2. The average molecular weight is 327 g/mol. The van der Waals surface area contributed by atoms with E-state index in [1.54, 1.807) is 0 Å². The van der Waals surface area contributed by atoms with E-state index in [1.165, 1.54) is 24.1 Å². The molecule has 0 saturated heterocycles. The molecule has 1 aromatic rings. The van der Waals surface area contributed by atoms with Crippen LogP contribution in [-0.4, -0.2) is 30.3 Å². The Balaban J connectivity index is 2.19. The first-order valence-corrected chi connectivity index (χ1v) is 7.80. The van der Waals surface area contributed by atoms with Gasteiger partial charge in [-0.15, -0.1) is 0 Å². The van der Waals surface area contributed by atoms with E-state index in [2.05, 4.69) is 58.2 Å². The van der Waals surface area contributed by atoms with E-state index >= 15 is 0 Å². The fraction of sp³-hybridized carbons (Fsp3) is 0.600. The Morgan fingerprint density at radius 3 is 2.74 bits per heavy atom. The number of aliphatic hydroxyl groups is 1. The van der Waals surface area contributed by atoms with Crippen LogP contribution in [0.3, 0.4) is 0 Å². The van der Waals surface area contributed by atoms with Crippen molar-refractivity contribution in [3.8, 4) is 0 Å². The quantitative estimate of drug-likeness (QED) is 0.808. The molecule has 2 N–H and O–H groups in total. The summed E-state index contributed by atoms with van der Waals surface area (Å²) in [6, 6.07) is 7.48. The van der Waals surface area contributed by atoms with Crippen molar-refractivity contribution in [3.05, 3.63) is 28.2 Å². The molecule has 0 spiro atoms. The van der Waals surface area contributed by atoms with E-state index in [4.69, 9.17) is 0 Å². The van der Waals surface area contributed by atoms with Gasteiger partial charge in [0, 0.05) is 35.3 Å². The molecule has 0 unspecified atom stereocenters. The molecule has 0 aliphatic heterocycles. The lowest BCUT2D eigenvalue weighted by molar-refractivity contribution is 0.299. The van der Waals surface area contributed by atoms with Crippen LogP contribution in [0.25, 0.3) is 0 Å². The summed E-state index contributed by atoms with van der Waals surface area (Å²) >= 11 is 3.55. The smallest absolute Gasteiger partial charge is 0.0606 e. The Kier molecular flexibility index (Phi) is 5.25. The third-order valence-corrected chi connectivity index (χ3v) is 3.97. The maximum Gasteiger partial charge on any atom is 0.0606 e. The molecular weight excluding hydrogens is 304 g/mol. The predicted molar refractivity (Wildman–Crippen MR) is 83.6 cm³/mol. The van der Waals surface area contributed by atoms with Crippen molar-refractivity contribution >= 4 is 21.6 Å². The van der Waals surface area contributed by atoms with Crippen LogP contribution >= 0.6 is 15.9 Å². The minimum Gasteiger partial charge on any atom is -0.395 e. The zero-order chi connectivity index (χ0) is 13.8. The van der Waals surface area contributed by atoms with Crippen LogP contribution in [0.2, 0.25) is 0 Å². The third-order valence-electron chi connectivity index (χ3n) is 3.47. The predicted octanol–water partition coefficient (Wildman–Crippen LogP) is 2.91. The molecule has 3 nitrogen and oxygen atoms in total. The summed E-state index contributed by atoms with van der Waals surface area (Å²) in [6.45, 7) is 6.08. The lowest BCUT2D eigenvalue weighted by atomic mass is 10.1. The van der Waals surface area contributed by atoms with E-state index in [1.807, 2.05) is 0 Å². The van der Waals surface area contributed by atoms with Gasteiger partial charge in [0.05, 0.1) is 6.61 Å². The van der Waals surface area contributed by atoms with Crippen LogP contribution in [0, 0.1) is 0 Å². The number of nitrogens with zero attached hydrogens (tertiary/aromatic N) is 1. The number of rotatable bonds is 7. The van der Waals surface area contributed by atoms with Crippen molar-refractivity contribution in [1.29, 1.82) is 0 Å². The number of benzene rings is 1. The van der Waals surface area contributed by atoms with Crippen LogP contribution in [0.5, 0.6) is 0 Å². The molecule has 4 heteroatoms. The fourth-order valence-electron chi connectivity index (χ4n) is 2.28. The number of anilines is 1. The van der Waals surface area contributed by atoms with Crippen LogP contribution in [-0.2, 0) is 6.54 Å². The second-order valence-corrected chi connectivity index (χ2v) is 6.35. The molecule has 0 amide bonds. The first kappa shape index (κ1) is 14.8. The van der Waals surface area contributed by atoms with Crippen LogP contribution in [0.4, 0.5) is 5.69 Å². The summed E-state index contributed by atoms with van der Waals surface area (Å²) < 4.78 is 1.11. The lowest BCUT2D eigenvalue weighted by Gasteiger charge is -2.30. The minimum absolute atomic E-state index is 0.184. The minimum atomic E-state index is 0.184. The molecule has 1 aliphatic rings. The molecule has 0 atom stereocenters. The zero-order valence-corrected chi connectivity index (χ0v) is 13.3. The standard InChI is InChI=1S/C15H23BrN2O/c1-11(2)18(7-8-19)15-6-3-13(16)9-12(15)10-17-14-4-5-14/h3,6,9,11,14,17,19H,4-5,7-8,10H2,1-2H3. The molecule has 1 saturated carbocycles. The second-order valence-electron chi connectivity index (χ2n) is 5.44. The molecule has 19 heavy (non-hydrogen) atoms. The third kappa shape index (κ3) is 4.20. The van der Waals surface area contributed by atoms with Crippen molar-refractivity contribution in [2.45, 2.75) is 45.3 Å². The first-order valence-electron chi connectivity index (χ1n) is 7.01. The Morgan fingerprint density at radius 2 is 2.16 bits per heavy atom. The molecule has 1 aliphatic carbocycles. The van der Waals surface area contributed by atoms with Gasteiger partial charge < -0.3 is 15.3 Å². The Hall–Kier alpha value is -0.580. The average Bonchev–Trinajstić information content (AvgIpc) is 3.18. The van der Waals surface area contributed by atoms with Gasteiger partial charge in [-0.05, 0) is 50.5 Å². The maximum absolute atomic E-state index is 9.25. The van der Waals surface area contributed by atoms with Crippen LogP contribution in [0.15, 0.2) is 22.7 Å². The highest BCUT2D eigenvalue weighted by molar-refractivity contribution is 9.10. The molecule has 0 bridgehead atoms. The largest absolute Gasteiger partial charge is 0.395 e. The molecule has 106 valence electrons. The summed E-state index contributed by atoms with van der Waals surface area (Å²) in [6.07, 6.45) is 2.60. The molecule has 0 radical (unpaired) electrons. The Bertz CT molecular complexity index is 419. The highest BCUT2D eigenvalue weighted by Crippen LogP contribution is 2.27. The molecule has 1 fully saturated rings. The van der Waals surface area contributed by atoms with Crippen LogP contribution in [0.1, 0.15) is 32.3 Å². The van der Waals surface area contributed by atoms with Crippen molar-refractivity contribution < 1.29 is 5.11 Å². The van der Waals surface area contributed by atoms with Gasteiger partial charge in [0.2, 0.25) is 0 Å². The number of hydrogen-bond acceptors (Lipinski definition) is 3. The molecule has 0 aromatic heterocycles. The van der Waals surface area contributed by atoms with Crippen LogP contribution < -0.4 is 10.2 Å². The van der Waals surface area contributed by atoms with Gasteiger partial charge in [-0.3, -0.25) is 0 Å². The van der Waals surface area contributed by atoms with Gasteiger partial charge in [-0.2, -0.15) is 0 Å². The van der Waals surface area contributed by atoms with E-state index in [0.717, 1.165) is 11.0 Å². The summed E-state index contributed by atoms with van der Waals surface area (Å²) in [5, 5.41) is 12.8. The second kappa shape index (κ2) is 6.73. The normalized spacial score (nSPS) is 15.0. The maximum atomic E-state index is 9.25. The molecule has 0 heterocycles.